The van der Waals surface area contributed by atoms with E-state index in [2.05, 4.69) is 29.2 Å². The molecule has 3 nitrogen and oxygen atoms in total. The van der Waals surface area contributed by atoms with Crippen molar-refractivity contribution in [1.29, 1.82) is 0 Å². The summed E-state index contributed by atoms with van der Waals surface area (Å²) in [5, 5.41) is 4.32. The molecule has 1 aromatic heterocycles. The molecular weight excluding hydrogens is 220 g/mol. The van der Waals surface area contributed by atoms with Gasteiger partial charge in [0.2, 0.25) is 0 Å². The smallest absolute Gasteiger partial charge is 0.0767 e. The van der Waals surface area contributed by atoms with Crippen LogP contribution in [0.4, 0.5) is 0 Å². The fourth-order valence-corrected chi connectivity index (χ4v) is 3.03. The van der Waals surface area contributed by atoms with E-state index in [4.69, 9.17) is 10.6 Å². The molecule has 0 saturated carbocycles. The molecule has 1 fully saturated rings. The summed E-state index contributed by atoms with van der Waals surface area (Å²) < 4.78 is 5.75. The van der Waals surface area contributed by atoms with Crippen LogP contribution < -0.4 is 11.3 Å². The van der Waals surface area contributed by atoms with Gasteiger partial charge >= 0.3 is 0 Å². The highest BCUT2D eigenvalue weighted by atomic mass is 32.1. The molecule has 3 N–H and O–H groups in total. The van der Waals surface area contributed by atoms with Crippen LogP contribution in [0.25, 0.3) is 0 Å². The lowest BCUT2D eigenvalue weighted by Crippen LogP contribution is -2.46. The maximum absolute atomic E-state index is 5.75. The van der Waals surface area contributed by atoms with Crippen LogP contribution in [0.15, 0.2) is 16.8 Å². The molecular formula is C12H20N2OS. The molecule has 0 radical (unpaired) electrons. The fourth-order valence-electron chi connectivity index (χ4n) is 2.33. The molecule has 1 saturated heterocycles. The first-order valence-electron chi connectivity index (χ1n) is 5.90. The van der Waals surface area contributed by atoms with Gasteiger partial charge in [0.05, 0.1) is 6.10 Å². The summed E-state index contributed by atoms with van der Waals surface area (Å²) in [6, 6.07) is 2.45. The van der Waals surface area contributed by atoms with Crippen LogP contribution in [0.2, 0.25) is 0 Å². The van der Waals surface area contributed by atoms with Gasteiger partial charge in [-0.2, -0.15) is 11.3 Å². The molecule has 2 heterocycles. The average Bonchev–Trinajstić information content (AvgIpc) is 2.92. The highest BCUT2D eigenvalue weighted by Gasteiger charge is 2.31. The van der Waals surface area contributed by atoms with Crippen LogP contribution >= 0.6 is 11.3 Å². The molecule has 4 heteroatoms. The number of nitrogens with two attached hydrogens (primary N) is 1. The molecule has 0 aromatic carbocycles. The van der Waals surface area contributed by atoms with Gasteiger partial charge in [-0.25, -0.2) is 0 Å². The first kappa shape index (κ1) is 12.0. The van der Waals surface area contributed by atoms with Gasteiger partial charge in [0.1, 0.15) is 0 Å². The minimum absolute atomic E-state index is 0.275. The third-order valence-corrected chi connectivity index (χ3v) is 4.11. The van der Waals surface area contributed by atoms with Crippen molar-refractivity contribution in [2.24, 2.45) is 11.8 Å². The number of hydrogen-bond donors (Lipinski definition) is 2. The van der Waals surface area contributed by atoms with Crippen LogP contribution in [0, 0.1) is 5.92 Å². The molecule has 90 valence electrons. The molecule has 1 aromatic rings. The zero-order valence-corrected chi connectivity index (χ0v) is 10.5. The Bertz CT molecular complexity index is 302. The summed E-state index contributed by atoms with van der Waals surface area (Å²) in [5.41, 5.74) is 4.31. The number of rotatable bonds is 5. The molecule has 0 aliphatic carbocycles. The van der Waals surface area contributed by atoms with Crippen molar-refractivity contribution in [2.75, 3.05) is 6.61 Å². The lowest BCUT2D eigenvalue weighted by atomic mass is 9.94. The van der Waals surface area contributed by atoms with Gasteiger partial charge in [-0.3, -0.25) is 11.3 Å². The van der Waals surface area contributed by atoms with Gasteiger partial charge in [-0.15, -0.1) is 0 Å². The number of hydrazine groups is 1. The van der Waals surface area contributed by atoms with Crippen molar-refractivity contribution < 1.29 is 4.74 Å². The lowest BCUT2D eigenvalue weighted by Gasteiger charge is -2.25. The van der Waals surface area contributed by atoms with Crippen molar-refractivity contribution in [1.82, 2.24) is 5.43 Å². The summed E-state index contributed by atoms with van der Waals surface area (Å²) in [7, 11) is 0. The van der Waals surface area contributed by atoms with E-state index in [-0.39, 0.29) is 12.1 Å². The molecule has 1 aliphatic rings. The molecule has 0 amide bonds. The molecule has 3 unspecified atom stereocenters. The number of thiophene rings is 1. The lowest BCUT2D eigenvalue weighted by molar-refractivity contribution is 0.0584. The van der Waals surface area contributed by atoms with Crippen LogP contribution in [0.5, 0.6) is 0 Å². The molecule has 3 atom stereocenters. The van der Waals surface area contributed by atoms with Crippen molar-refractivity contribution in [3.05, 3.63) is 22.4 Å². The fraction of sp³-hybridized carbons (Fsp3) is 0.667. The zero-order valence-electron chi connectivity index (χ0n) is 9.69. The first-order chi connectivity index (χ1) is 7.81. The second kappa shape index (κ2) is 5.77. The number of ether oxygens (including phenoxy) is 1. The molecule has 0 bridgehead atoms. The number of hydrogen-bond acceptors (Lipinski definition) is 4. The Morgan fingerprint density at radius 1 is 1.69 bits per heavy atom. The van der Waals surface area contributed by atoms with E-state index in [1.165, 1.54) is 5.56 Å². The minimum Gasteiger partial charge on any atom is -0.376 e. The van der Waals surface area contributed by atoms with Crippen LogP contribution in [0.3, 0.4) is 0 Å². The maximum atomic E-state index is 5.75. The Balaban J connectivity index is 1.85. The van der Waals surface area contributed by atoms with E-state index in [1.807, 2.05) is 0 Å². The molecule has 16 heavy (non-hydrogen) atoms. The minimum atomic E-state index is 0.275. The van der Waals surface area contributed by atoms with E-state index in [0.29, 0.717) is 5.92 Å². The Morgan fingerprint density at radius 2 is 2.56 bits per heavy atom. The van der Waals surface area contributed by atoms with Crippen LogP contribution in [-0.2, 0) is 11.2 Å². The first-order valence-corrected chi connectivity index (χ1v) is 6.84. The summed E-state index contributed by atoms with van der Waals surface area (Å²) >= 11 is 1.75. The third kappa shape index (κ3) is 2.83. The molecule has 0 spiro atoms. The van der Waals surface area contributed by atoms with Crippen LogP contribution in [0.1, 0.15) is 25.3 Å². The standard InChI is InChI=1S/C12H20N2OS/c1-9-4-6-15-12(9)11(14-13)3-2-10-5-7-16-8-10/h5,7-9,11-12,14H,2-4,6,13H2,1H3. The topological polar surface area (TPSA) is 47.3 Å². The molecule has 1 aliphatic heterocycles. The Labute approximate surface area is 101 Å². The zero-order chi connectivity index (χ0) is 11.4. The monoisotopic (exact) mass is 240 g/mol. The van der Waals surface area contributed by atoms with E-state index < -0.39 is 0 Å². The largest absolute Gasteiger partial charge is 0.376 e. The molecule has 2 rings (SSSR count). The highest BCUT2D eigenvalue weighted by molar-refractivity contribution is 7.07. The van der Waals surface area contributed by atoms with Crippen molar-refractivity contribution in [3.8, 4) is 0 Å². The Kier molecular flexibility index (Phi) is 4.35. The van der Waals surface area contributed by atoms with Crippen molar-refractivity contribution in [3.63, 3.8) is 0 Å². The van der Waals surface area contributed by atoms with Gasteiger partial charge in [0.25, 0.3) is 0 Å². The highest BCUT2D eigenvalue weighted by Crippen LogP contribution is 2.24. The maximum Gasteiger partial charge on any atom is 0.0767 e. The van der Waals surface area contributed by atoms with Crippen molar-refractivity contribution >= 4 is 11.3 Å². The van der Waals surface area contributed by atoms with Gasteiger partial charge in [0.15, 0.2) is 0 Å². The predicted octanol–water partition coefficient (Wildman–Crippen LogP) is 1.94. The Morgan fingerprint density at radius 3 is 3.12 bits per heavy atom. The van der Waals surface area contributed by atoms with E-state index >= 15 is 0 Å². The quantitative estimate of drug-likeness (QED) is 0.611. The van der Waals surface area contributed by atoms with Gasteiger partial charge in [-0.1, -0.05) is 6.92 Å². The van der Waals surface area contributed by atoms with Gasteiger partial charge < -0.3 is 4.74 Å². The van der Waals surface area contributed by atoms with Crippen LogP contribution in [-0.4, -0.2) is 18.8 Å². The summed E-state index contributed by atoms with van der Waals surface area (Å²) in [4.78, 5) is 0. The SMILES string of the molecule is CC1CCOC1C(CCc1ccsc1)NN. The third-order valence-electron chi connectivity index (χ3n) is 3.38. The van der Waals surface area contributed by atoms with E-state index in [0.717, 1.165) is 25.9 Å². The van der Waals surface area contributed by atoms with E-state index in [9.17, 15) is 0 Å². The van der Waals surface area contributed by atoms with Gasteiger partial charge in [-0.05, 0) is 47.6 Å². The Hall–Kier alpha value is -0.420. The summed E-state index contributed by atoms with van der Waals surface area (Å²) in [6.45, 7) is 3.12. The van der Waals surface area contributed by atoms with E-state index in [1.54, 1.807) is 11.3 Å². The second-order valence-electron chi connectivity index (χ2n) is 4.54. The number of nitrogens with one attached hydrogen (secondary N) is 1. The average molecular weight is 240 g/mol. The van der Waals surface area contributed by atoms with Gasteiger partial charge in [0, 0.05) is 12.6 Å². The summed E-state index contributed by atoms with van der Waals surface area (Å²) in [5.74, 6) is 6.24. The van der Waals surface area contributed by atoms with Crippen molar-refractivity contribution in [2.45, 2.75) is 38.3 Å². The summed E-state index contributed by atoms with van der Waals surface area (Å²) in [6.07, 6.45) is 3.55. The number of aryl methyl sites for hydroxylation is 1. The predicted molar refractivity (Wildman–Crippen MR) is 67.3 cm³/mol. The normalized spacial score (nSPS) is 27.1. The second-order valence-corrected chi connectivity index (χ2v) is 5.32.